The van der Waals surface area contributed by atoms with Crippen molar-refractivity contribution < 1.29 is 27.3 Å². The van der Waals surface area contributed by atoms with Crippen molar-refractivity contribution in [3.63, 3.8) is 0 Å². The van der Waals surface area contributed by atoms with Crippen LogP contribution in [0.15, 0.2) is 46.6 Å². The summed E-state index contributed by atoms with van der Waals surface area (Å²) in [4.78, 5) is 36.0. The van der Waals surface area contributed by atoms with Gasteiger partial charge in [-0.05, 0) is 82.6 Å². The van der Waals surface area contributed by atoms with Crippen LogP contribution in [0.2, 0.25) is 0 Å². The molecule has 0 fully saturated rings. The number of nitrogens with one attached hydrogen (secondary N) is 2. The second-order valence-electron chi connectivity index (χ2n) is 12.2. The fraction of sp³-hybridized carbons (Fsp3) is 0.378. The standard InChI is InChI=1S/C37H44N7O.Fe.H2O/c1-7-27-24(5)33-20-36-28(8-2)23(4)31(42-36)19-32-25(6)29(10-11-37(45)39-12-9-14-44-15-13-38-21-44)34(41-32)17-26-16-22(3)30(40-26)18-35(27)43-33;;/h13,15-18,20-21H,7-12,14,19H2,1-6H3,(H3-,39,40,41,42,43,45);;1H2/q-1;+2;/p-1. The normalized spacial score (nSPS) is 13.7. The number of hydrogen-bond donors (Lipinski definition) is 2. The SMILES string of the molecule is CCC1=C(C)C2=NC1=Cc1[n-]c(c(CC)c1C)C=c1[nH]c(cc1C)=Cc1[n-]c(c(C)c1CCC(=O)NCCCn1ccnc1)C2.O.[Fe+2]. The minimum atomic E-state index is 0. The molecule has 9 nitrogen and oxygen atoms in total. The molecular formula is C37H45FeN7O2. The van der Waals surface area contributed by atoms with E-state index in [1.54, 1.807) is 12.5 Å². The van der Waals surface area contributed by atoms with Gasteiger partial charge in [0.15, 0.2) is 0 Å². The maximum atomic E-state index is 12.9. The van der Waals surface area contributed by atoms with E-state index in [-0.39, 0.29) is 28.5 Å². The molecule has 0 aromatic carbocycles. The first-order valence-corrected chi connectivity index (χ1v) is 16.2. The number of fused-ring (bicyclic) bond motifs is 7. The van der Waals surface area contributed by atoms with Crippen LogP contribution in [-0.4, -0.2) is 38.2 Å². The van der Waals surface area contributed by atoms with Gasteiger partial charge in [-0.2, -0.15) is 5.69 Å². The van der Waals surface area contributed by atoms with Crippen LogP contribution in [0, 0.1) is 20.8 Å². The van der Waals surface area contributed by atoms with E-state index in [1.807, 2.05) is 10.8 Å². The number of aryl methyl sites for hydroxylation is 2. The van der Waals surface area contributed by atoms with E-state index in [0.717, 1.165) is 87.4 Å². The second-order valence-corrected chi connectivity index (χ2v) is 12.2. The smallest absolute Gasteiger partial charge is 0.660 e. The van der Waals surface area contributed by atoms with Crippen LogP contribution >= 0.6 is 0 Å². The van der Waals surface area contributed by atoms with Crippen LogP contribution in [0.3, 0.4) is 0 Å². The second kappa shape index (κ2) is 15.2. The fourth-order valence-corrected chi connectivity index (χ4v) is 6.64. The molecule has 0 aliphatic carbocycles. The molecule has 2 aliphatic rings. The van der Waals surface area contributed by atoms with Gasteiger partial charge >= 0.3 is 17.1 Å². The minimum Gasteiger partial charge on any atom is -0.660 e. The number of nitrogens with zero attached hydrogens (tertiary/aromatic N) is 5. The van der Waals surface area contributed by atoms with E-state index >= 15 is 0 Å². The van der Waals surface area contributed by atoms with Crippen molar-refractivity contribution in [1.82, 2.24) is 29.8 Å². The first kappa shape index (κ1) is 35.7. The van der Waals surface area contributed by atoms with Gasteiger partial charge in [-0.15, -0.1) is 17.1 Å². The molecule has 4 N–H and O–H groups in total. The number of hydrogen-bond acceptors (Lipinski definition) is 3. The minimum absolute atomic E-state index is 0. The molecule has 10 heteroatoms. The molecule has 4 aromatic rings. The van der Waals surface area contributed by atoms with Crippen LogP contribution in [0.1, 0.15) is 90.6 Å². The maximum Gasteiger partial charge on any atom is 2.00 e. The Labute approximate surface area is 287 Å². The maximum absolute atomic E-state index is 12.9. The zero-order valence-electron chi connectivity index (χ0n) is 28.2. The summed E-state index contributed by atoms with van der Waals surface area (Å²) in [5.41, 5.74) is 14.4. The van der Waals surface area contributed by atoms with Crippen LogP contribution < -0.4 is 26.0 Å². The summed E-state index contributed by atoms with van der Waals surface area (Å²) in [6.07, 6.45) is 16.4. The van der Waals surface area contributed by atoms with Gasteiger partial charge in [-0.3, -0.25) is 9.79 Å². The Bertz CT molecular complexity index is 1970. The van der Waals surface area contributed by atoms with Gasteiger partial charge in [-0.25, -0.2) is 4.98 Å². The molecule has 0 radical (unpaired) electrons. The number of aromatic nitrogens is 5. The third-order valence-electron chi connectivity index (χ3n) is 9.33. The molecule has 0 saturated carbocycles. The quantitative estimate of drug-likeness (QED) is 0.207. The number of rotatable bonds is 9. The number of allylic oxidation sites excluding steroid dienone is 2. The molecule has 0 atom stereocenters. The van der Waals surface area contributed by atoms with Gasteiger partial charge in [0.2, 0.25) is 5.91 Å². The third-order valence-corrected chi connectivity index (χ3v) is 9.33. The van der Waals surface area contributed by atoms with E-state index in [0.29, 0.717) is 25.8 Å². The Morgan fingerprint density at radius 1 is 1.00 bits per heavy atom. The molecule has 47 heavy (non-hydrogen) atoms. The number of aromatic amines is 1. The average Bonchev–Trinajstić information content (AvgIpc) is 3.82. The number of aliphatic imine (C=N–C) groups is 1. The summed E-state index contributed by atoms with van der Waals surface area (Å²) < 4.78 is 2.02. The summed E-state index contributed by atoms with van der Waals surface area (Å²) in [7, 11) is 0. The van der Waals surface area contributed by atoms with Gasteiger partial charge in [0.1, 0.15) is 0 Å². The van der Waals surface area contributed by atoms with Gasteiger partial charge in [0.05, 0.1) is 12.0 Å². The van der Waals surface area contributed by atoms with Gasteiger partial charge in [0.25, 0.3) is 0 Å². The summed E-state index contributed by atoms with van der Waals surface area (Å²) in [6.45, 7) is 14.5. The molecule has 0 saturated heterocycles. The predicted molar refractivity (Wildman–Crippen MR) is 184 cm³/mol. The molecule has 2 aliphatic heterocycles. The topological polar surface area (TPSA) is 135 Å². The first-order chi connectivity index (χ1) is 21.7. The molecule has 1 amide bonds. The van der Waals surface area contributed by atoms with Gasteiger partial charge in [-0.1, -0.05) is 54.3 Å². The van der Waals surface area contributed by atoms with Crippen LogP contribution in [-0.2, 0) is 47.7 Å². The molecule has 6 rings (SSSR count). The molecule has 0 unspecified atom stereocenters. The summed E-state index contributed by atoms with van der Waals surface area (Å²) >= 11 is 0. The summed E-state index contributed by atoms with van der Waals surface area (Å²) in [5, 5.41) is 5.13. The fourth-order valence-electron chi connectivity index (χ4n) is 6.64. The first-order valence-electron chi connectivity index (χ1n) is 16.2. The van der Waals surface area contributed by atoms with Crippen LogP contribution in [0.4, 0.5) is 0 Å². The van der Waals surface area contributed by atoms with Crippen LogP contribution in [0.25, 0.3) is 18.2 Å². The summed E-state index contributed by atoms with van der Waals surface area (Å²) in [5.74, 6) is 0.0597. The van der Waals surface area contributed by atoms with E-state index in [2.05, 4.69) is 81.1 Å². The Kier molecular flexibility index (Phi) is 11.6. The molecule has 6 heterocycles. The largest absolute Gasteiger partial charge is 2.00 e. The number of H-pyrrole nitrogens is 1. The van der Waals surface area contributed by atoms with E-state index in [1.165, 1.54) is 22.3 Å². The molecule has 248 valence electrons. The van der Waals surface area contributed by atoms with Gasteiger partial charge in [0, 0.05) is 48.3 Å². The molecule has 8 bridgehead atoms. The number of carbonyl (C=O) groups is 1. The van der Waals surface area contributed by atoms with E-state index in [4.69, 9.17) is 15.0 Å². The van der Waals surface area contributed by atoms with Crippen molar-refractivity contribution in [3.8, 4) is 0 Å². The number of imidazole rings is 1. The Morgan fingerprint density at radius 2 is 1.79 bits per heavy atom. The Hall–Kier alpha value is -4.11. The van der Waals surface area contributed by atoms with Crippen molar-refractivity contribution in [3.05, 3.63) is 103 Å². The third kappa shape index (κ3) is 7.40. The predicted octanol–water partition coefficient (Wildman–Crippen LogP) is 3.66. The molecular weight excluding hydrogens is 630 g/mol. The van der Waals surface area contributed by atoms with Crippen LogP contribution in [0.5, 0.6) is 0 Å². The monoisotopic (exact) mass is 675 g/mol. The van der Waals surface area contributed by atoms with E-state index in [9.17, 15) is 4.79 Å². The number of carbonyl (C=O) groups excluding carboxylic acids is 1. The Morgan fingerprint density at radius 3 is 2.51 bits per heavy atom. The summed E-state index contributed by atoms with van der Waals surface area (Å²) in [6, 6.07) is 2.17. The van der Waals surface area contributed by atoms with E-state index < -0.39 is 0 Å². The van der Waals surface area contributed by atoms with Crippen molar-refractivity contribution in [1.29, 1.82) is 0 Å². The van der Waals surface area contributed by atoms with Crippen molar-refractivity contribution >= 4 is 29.8 Å². The van der Waals surface area contributed by atoms with Crippen molar-refractivity contribution in [2.75, 3.05) is 6.54 Å². The van der Waals surface area contributed by atoms with Crippen molar-refractivity contribution in [2.45, 2.75) is 86.6 Å². The van der Waals surface area contributed by atoms with Gasteiger partial charge < -0.3 is 30.3 Å². The number of amides is 1. The Balaban J connectivity index is 0.00000250. The average molecular weight is 676 g/mol. The molecule has 4 aromatic heterocycles. The zero-order chi connectivity index (χ0) is 31.7. The molecule has 0 spiro atoms. The zero-order valence-corrected chi connectivity index (χ0v) is 29.3. The van der Waals surface area contributed by atoms with Crippen molar-refractivity contribution in [2.24, 2.45) is 4.99 Å².